The lowest BCUT2D eigenvalue weighted by atomic mass is 10.1. The van der Waals surface area contributed by atoms with Crippen LogP contribution >= 0.6 is 43.2 Å². The van der Waals surface area contributed by atoms with E-state index in [0.717, 1.165) is 19.5 Å². The van der Waals surface area contributed by atoms with Crippen LogP contribution in [0.2, 0.25) is 0 Å². The minimum absolute atomic E-state index is 0.168. The maximum absolute atomic E-state index is 12.2. The van der Waals surface area contributed by atoms with Crippen LogP contribution in [0.25, 0.3) is 5.57 Å². The summed E-state index contributed by atoms with van der Waals surface area (Å²) in [6.07, 6.45) is 1.39. The van der Waals surface area contributed by atoms with Crippen LogP contribution in [0.5, 0.6) is 0 Å². The highest BCUT2D eigenvalue weighted by molar-refractivity contribution is 9.11. The molecule has 0 aliphatic carbocycles. The molecule has 0 saturated heterocycles. The second-order valence-corrected chi connectivity index (χ2v) is 7.55. The number of carbonyl (C=O) groups excluding carboxylic acids is 2. The Bertz CT molecular complexity index is 764. The Kier molecular flexibility index (Phi) is 3.62. The van der Waals surface area contributed by atoms with Crippen molar-refractivity contribution < 1.29 is 9.59 Å². The minimum atomic E-state index is -0.248. The van der Waals surface area contributed by atoms with Gasteiger partial charge >= 0.3 is 0 Å². The fourth-order valence-corrected chi connectivity index (χ4v) is 3.61. The second kappa shape index (κ2) is 5.27. The van der Waals surface area contributed by atoms with Crippen LogP contribution in [0.4, 0.5) is 5.69 Å². The fourth-order valence-electron chi connectivity index (χ4n) is 1.95. The standard InChI is InChI=1S/C14H7Br2NO2S/c15-7-1-2-10-8(5-7)9(14(19)17-10)6-11(18)12-3-4-13(16)20-12/h1-6H,(H,17,19)/b9-6-. The van der Waals surface area contributed by atoms with Crippen molar-refractivity contribution in [3.8, 4) is 0 Å². The van der Waals surface area contributed by atoms with Crippen LogP contribution in [0.3, 0.4) is 0 Å². The van der Waals surface area contributed by atoms with Crippen LogP contribution in [0.15, 0.2) is 44.7 Å². The molecule has 3 rings (SSSR count). The molecule has 6 heteroatoms. The molecule has 0 unspecified atom stereocenters. The fraction of sp³-hybridized carbons (Fsp3) is 0. The van der Waals surface area contributed by atoms with Gasteiger partial charge < -0.3 is 5.32 Å². The summed E-state index contributed by atoms with van der Waals surface area (Å²) < 4.78 is 1.75. The number of thiophene rings is 1. The number of amides is 1. The van der Waals surface area contributed by atoms with E-state index in [1.165, 1.54) is 17.4 Å². The number of carbonyl (C=O) groups is 2. The summed E-state index contributed by atoms with van der Waals surface area (Å²) >= 11 is 8.04. The van der Waals surface area contributed by atoms with E-state index < -0.39 is 0 Å². The topological polar surface area (TPSA) is 46.2 Å². The average molecular weight is 413 g/mol. The van der Waals surface area contributed by atoms with Crippen LogP contribution in [0, 0.1) is 0 Å². The van der Waals surface area contributed by atoms with Gasteiger partial charge in [-0.05, 0) is 46.3 Å². The van der Waals surface area contributed by atoms with Gasteiger partial charge in [-0.25, -0.2) is 0 Å². The molecule has 0 fully saturated rings. The number of anilines is 1. The first kappa shape index (κ1) is 13.7. The summed E-state index contributed by atoms with van der Waals surface area (Å²) in [7, 11) is 0. The largest absolute Gasteiger partial charge is 0.321 e. The summed E-state index contributed by atoms with van der Waals surface area (Å²) in [5.74, 6) is -0.416. The number of ketones is 1. The highest BCUT2D eigenvalue weighted by atomic mass is 79.9. The van der Waals surface area contributed by atoms with Gasteiger partial charge in [-0.1, -0.05) is 15.9 Å². The molecule has 1 aromatic carbocycles. The zero-order chi connectivity index (χ0) is 14.3. The van der Waals surface area contributed by atoms with Crippen LogP contribution in [0.1, 0.15) is 15.2 Å². The predicted octanol–water partition coefficient (Wildman–Crippen LogP) is 4.49. The molecule has 20 heavy (non-hydrogen) atoms. The molecule has 100 valence electrons. The number of fused-ring (bicyclic) bond motifs is 1. The second-order valence-electron chi connectivity index (χ2n) is 4.17. The van der Waals surface area contributed by atoms with E-state index in [0.29, 0.717) is 10.5 Å². The number of halogens is 2. The molecule has 3 nitrogen and oxygen atoms in total. The maximum Gasteiger partial charge on any atom is 0.256 e. The first-order valence-corrected chi connectivity index (χ1v) is 8.07. The molecule has 1 amide bonds. The molecule has 0 atom stereocenters. The van der Waals surface area contributed by atoms with Gasteiger partial charge in [0.2, 0.25) is 0 Å². The summed E-state index contributed by atoms with van der Waals surface area (Å²) in [6, 6.07) is 9.04. The van der Waals surface area contributed by atoms with Gasteiger partial charge in [0.15, 0.2) is 5.78 Å². The molecule has 1 aliphatic rings. The molecule has 0 spiro atoms. The summed E-state index contributed by atoms with van der Waals surface area (Å²) in [5.41, 5.74) is 1.87. The zero-order valence-electron chi connectivity index (χ0n) is 9.94. The van der Waals surface area contributed by atoms with E-state index in [1.54, 1.807) is 6.07 Å². The average Bonchev–Trinajstić information content (AvgIpc) is 2.95. The van der Waals surface area contributed by atoms with Crippen molar-refractivity contribution in [3.05, 3.63) is 55.1 Å². The molecule has 1 aromatic heterocycles. The Balaban J connectivity index is 2.02. The van der Waals surface area contributed by atoms with E-state index in [-0.39, 0.29) is 11.7 Å². The van der Waals surface area contributed by atoms with Crippen molar-refractivity contribution in [1.82, 2.24) is 0 Å². The third-order valence-electron chi connectivity index (χ3n) is 2.86. The highest BCUT2D eigenvalue weighted by Crippen LogP contribution is 2.34. The molecule has 0 radical (unpaired) electrons. The maximum atomic E-state index is 12.2. The number of hydrogen-bond donors (Lipinski definition) is 1. The van der Waals surface area contributed by atoms with Gasteiger partial charge in [0.25, 0.3) is 5.91 Å². The predicted molar refractivity (Wildman–Crippen MR) is 87.1 cm³/mol. The number of rotatable bonds is 2. The van der Waals surface area contributed by atoms with E-state index in [4.69, 9.17) is 0 Å². The minimum Gasteiger partial charge on any atom is -0.321 e. The molecule has 1 aliphatic heterocycles. The van der Waals surface area contributed by atoms with E-state index in [1.807, 2.05) is 24.3 Å². The van der Waals surface area contributed by atoms with Crippen LogP contribution < -0.4 is 5.32 Å². The lowest BCUT2D eigenvalue weighted by molar-refractivity contribution is -0.110. The summed E-state index contributed by atoms with van der Waals surface area (Å²) in [5, 5.41) is 2.75. The van der Waals surface area contributed by atoms with Crippen molar-refractivity contribution >= 4 is 66.1 Å². The van der Waals surface area contributed by atoms with Gasteiger partial charge in [0.05, 0.1) is 14.2 Å². The molecule has 0 saturated carbocycles. The highest BCUT2D eigenvalue weighted by Gasteiger charge is 2.25. The SMILES string of the molecule is O=C1Nc2ccc(Br)cc2/C1=C/C(=O)c1ccc(Br)s1. The molecule has 2 heterocycles. The van der Waals surface area contributed by atoms with E-state index in [2.05, 4.69) is 37.2 Å². The Morgan fingerprint density at radius 3 is 2.70 bits per heavy atom. The molecule has 2 aromatic rings. The summed E-state index contributed by atoms with van der Waals surface area (Å²) in [4.78, 5) is 24.7. The quantitative estimate of drug-likeness (QED) is 0.583. The van der Waals surface area contributed by atoms with Gasteiger partial charge in [0.1, 0.15) is 0 Å². The van der Waals surface area contributed by atoms with Gasteiger partial charge in [0, 0.05) is 21.8 Å². The third-order valence-corrected chi connectivity index (χ3v) is 4.99. The molecule has 1 N–H and O–H groups in total. The van der Waals surface area contributed by atoms with Crippen LogP contribution in [-0.4, -0.2) is 11.7 Å². The first-order valence-electron chi connectivity index (χ1n) is 5.67. The summed E-state index contributed by atoms with van der Waals surface area (Å²) in [6.45, 7) is 0. The van der Waals surface area contributed by atoms with Crippen molar-refractivity contribution in [1.29, 1.82) is 0 Å². The zero-order valence-corrected chi connectivity index (χ0v) is 13.9. The monoisotopic (exact) mass is 411 g/mol. The number of allylic oxidation sites excluding steroid dienone is 1. The lowest BCUT2D eigenvalue weighted by Crippen LogP contribution is -2.05. The Labute approximate surface area is 136 Å². The lowest BCUT2D eigenvalue weighted by Gasteiger charge is -1.98. The van der Waals surface area contributed by atoms with Gasteiger partial charge in [-0.15, -0.1) is 11.3 Å². The van der Waals surface area contributed by atoms with Crippen LogP contribution in [-0.2, 0) is 4.79 Å². The number of hydrogen-bond acceptors (Lipinski definition) is 3. The smallest absolute Gasteiger partial charge is 0.256 e. The molecule has 0 bridgehead atoms. The molecular weight excluding hydrogens is 406 g/mol. The van der Waals surface area contributed by atoms with Crippen molar-refractivity contribution in [3.63, 3.8) is 0 Å². The van der Waals surface area contributed by atoms with Crippen molar-refractivity contribution in [2.75, 3.05) is 5.32 Å². The Hall–Kier alpha value is -1.24. The number of benzene rings is 1. The third kappa shape index (κ3) is 2.51. The van der Waals surface area contributed by atoms with Gasteiger partial charge in [-0.3, -0.25) is 9.59 Å². The first-order chi connectivity index (χ1) is 9.54. The Morgan fingerprint density at radius 2 is 2.00 bits per heavy atom. The normalized spacial score (nSPS) is 15.3. The Morgan fingerprint density at radius 1 is 1.20 bits per heavy atom. The van der Waals surface area contributed by atoms with E-state index in [9.17, 15) is 9.59 Å². The van der Waals surface area contributed by atoms with E-state index >= 15 is 0 Å². The number of nitrogens with one attached hydrogen (secondary N) is 1. The van der Waals surface area contributed by atoms with Gasteiger partial charge in [-0.2, -0.15) is 0 Å². The van der Waals surface area contributed by atoms with Crippen molar-refractivity contribution in [2.24, 2.45) is 0 Å². The molecular formula is C14H7Br2NO2S. The van der Waals surface area contributed by atoms with Crippen molar-refractivity contribution in [2.45, 2.75) is 0 Å².